The van der Waals surface area contributed by atoms with Gasteiger partial charge in [0.25, 0.3) is 0 Å². The van der Waals surface area contributed by atoms with E-state index in [1.54, 1.807) is 0 Å². The van der Waals surface area contributed by atoms with Crippen LogP contribution in [0.2, 0.25) is 0 Å². The molecule has 3 heteroatoms. The molecule has 0 heterocycles. The second kappa shape index (κ2) is 9.31. The smallest absolute Gasteiger partial charge is 0.129 e. The molecule has 0 unspecified atom stereocenters. The minimum absolute atomic E-state index is 0.335. The number of rotatable bonds is 6. The highest BCUT2D eigenvalue weighted by Gasteiger charge is 2.20. The van der Waals surface area contributed by atoms with E-state index < -0.39 is 7.92 Å². The number of benzene rings is 3. The van der Waals surface area contributed by atoms with Crippen LogP contribution in [0.5, 0.6) is 0 Å². The van der Waals surface area contributed by atoms with Crippen LogP contribution in [0.15, 0.2) is 96.0 Å². The Balaban J connectivity index is 2.01. The largest absolute Gasteiger partial charge is 0.367 e. The van der Waals surface area contributed by atoms with Crippen LogP contribution >= 0.6 is 7.92 Å². The second-order valence-electron chi connectivity index (χ2n) is 6.43. The van der Waals surface area contributed by atoms with E-state index in [0.29, 0.717) is 12.6 Å². The van der Waals surface area contributed by atoms with Crippen molar-refractivity contribution in [3.63, 3.8) is 0 Å². The van der Waals surface area contributed by atoms with E-state index in [1.165, 1.54) is 16.2 Å². The summed E-state index contributed by atoms with van der Waals surface area (Å²) in [5, 5.41) is 6.25. The zero-order valence-corrected chi connectivity index (χ0v) is 16.2. The van der Waals surface area contributed by atoms with Crippen LogP contribution in [0.4, 0.5) is 0 Å². The van der Waals surface area contributed by atoms with Crippen LogP contribution in [0.25, 0.3) is 0 Å². The van der Waals surface area contributed by atoms with Crippen molar-refractivity contribution < 1.29 is 0 Å². The van der Waals surface area contributed by atoms with Crippen molar-refractivity contribution in [2.24, 2.45) is 4.99 Å². The van der Waals surface area contributed by atoms with Crippen LogP contribution in [-0.2, 0) is 6.54 Å². The summed E-state index contributed by atoms with van der Waals surface area (Å²) in [5.74, 6) is 0. The lowest BCUT2D eigenvalue weighted by Gasteiger charge is -2.24. The Morgan fingerprint density at radius 1 is 0.769 bits per heavy atom. The molecular weight excluding hydrogens is 335 g/mol. The van der Waals surface area contributed by atoms with Gasteiger partial charge in [0.05, 0.1) is 6.54 Å². The molecule has 0 fully saturated rings. The molecule has 0 amide bonds. The Bertz CT molecular complexity index is 775. The third-order valence-corrected chi connectivity index (χ3v) is 6.24. The quantitative estimate of drug-likeness (QED) is 0.385. The van der Waals surface area contributed by atoms with Gasteiger partial charge < -0.3 is 5.32 Å². The van der Waals surface area contributed by atoms with Gasteiger partial charge in [-0.2, -0.15) is 0 Å². The topological polar surface area (TPSA) is 24.4 Å². The predicted molar refractivity (Wildman–Crippen MR) is 115 cm³/mol. The van der Waals surface area contributed by atoms with Gasteiger partial charge in [-0.1, -0.05) is 91.0 Å². The summed E-state index contributed by atoms with van der Waals surface area (Å²) in [5.41, 5.74) is 2.31. The van der Waals surface area contributed by atoms with Gasteiger partial charge in [-0.25, -0.2) is 0 Å². The average Bonchev–Trinajstić information content (AvgIpc) is 2.68. The van der Waals surface area contributed by atoms with Crippen LogP contribution in [0.1, 0.15) is 19.4 Å². The Morgan fingerprint density at radius 2 is 1.23 bits per heavy atom. The second-order valence-corrected chi connectivity index (χ2v) is 8.56. The Morgan fingerprint density at radius 3 is 1.69 bits per heavy atom. The molecule has 3 aromatic rings. The van der Waals surface area contributed by atoms with E-state index in [2.05, 4.69) is 104 Å². The molecule has 0 spiro atoms. The Labute approximate surface area is 157 Å². The standard InChI is InChI=1S/C23H25N2P/c1-19(2)25-23(24-18-20-12-6-3-7-13-20)26(21-14-8-4-9-15-21)22-16-10-5-11-17-22/h3-17,19H,18H2,1-2H3,(H,24,25). The SMILES string of the molecule is CC(C)NC(=NCc1ccccc1)P(c1ccccc1)c1ccccc1. The van der Waals surface area contributed by atoms with E-state index in [0.717, 1.165) is 5.58 Å². The summed E-state index contributed by atoms with van der Waals surface area (Å²) < 4.78 is 0. The van der Waals surface area contributed by atoms with Gasteiger partial charge in [0.2, 0.25) is 0 Å². The van der Waals surface area contributed by atoms with Gasteiger partial charge >= 0.3 is 0 Å². The van der Waals surface area contributed by atoms with Gasteiger partial charge in [0, 0.05) is 14.0 Å². The molecule has 26 heavy (non-hydrogen) atoms. The van der Waals surface area contributed by atoms with Gasteiger partial charge in [0.1, 0.15) is 5.58 Å². The number of aliphatic imine (C=N–C) groups is 1. The highest BCUT2D eigenvalue weighted by atomic mass is 31.1. The van der Waals surface area contributed by atoms with Crippen LogP contribution in [0.3, 0.4) is 0 Å². The number of hydrogen-bond acceptors (Lipinski definition) is 1. The lowest BCUT2D eigenvalue weighted by molar-refractivity contribution is 0.736. The summed E-state index contributed by atoms with van der Waals surface area (Å²) in [6.07, 6.45) is 0. The first kappa shape index (κ1) is 18.4. The molecule has 2 nitrogen and oxygen atoms in total. The van der Waals surface area contributed by atoms with Crippen LogP contribution in [-0.4, -0.2) is 11.6 Å². The average molecular weight is 360 g/mol. The molecule has 0 radical (unpaired) electrons. The molecular formula is C23H25N2P. The van der Waals surface area contributed by atoms with Crippen molar-refractivity contribution in [1.82, 2.24) is 5.32 Å². The molecule has 0 saturated carbocycles. The van der Waals surface area contributed by atoms with Crippen molar-refractivity contribution in [2.45, 2.75) is 26.4 Å². The molecule has 3 aromatic carbocycles. The lowest BCUT2D eigenvalue weighted by atomic mass is 10.2. The van der Waals surface area contributed by atoms with Gasteiger partial charge in [0.15, 0.2) is 0 Å². The number of hydrogen-bond donors (Lipinski definition) is 1. The molecule has 132 valence electrons. The van der Waals surface area contributed by atoms with Gasteiger partial charge in [-0.3, -0.25) is 4.99 Å². The molecule has 0 saturated heterocycles. The minimum atomic E-state index is -0.704. The highest BCUT2D eigenvalue weighted by molar-refractivity contribution is 7.87. The maximum atomic E-state index is 5.02. The lowest BCUT2D eigenvalue weighted by Crippen LogP contribution is -2.34. The monoisotopic (exact) mass is 360 g/mol. The Hall–Kier alpha value is -2.44. The number of nitrogens with zero attached hydrogens (tertiary/aromatic N) is 1. The molecule has 0 aliphatic rings. The number of amidine groups is 1. The maximum absolute atomic E-state index is 5.02. The minimum Gasteiger partial charge on any atom is -0.367 e. The third kappa shape index (κ3) is 5.03. The highest BCUT2D eigenvalue weighted by Crippen LogP contribution is 2.35. The fraction of sp³-hybridized carbons (Fsp3) is 0.174. The summed E-state index contributed by atoms with van der Waals surface area (Å²) in [6.45, 7) is 5.03. The first-order chi connectivity index (χ1) is 12.7. The zero-order valence-electron chi connectivity index (χ0n) is 15.3. The number of nitrogens with one attached hydrogen (secondary N) is 1. The van der Waals surface area contributed by atoms with E-state index in [1.807, 2.05) is 6.07 Å². The Kier molecular flexibility index (Phi) is 6.57. The van der Waals surface area contributed by atoms with E-state index in [9.17, 15) is 0 Å². The normalized spacial score (nSPS) is 11.8. The van der Waals surface area contributed by atoms with Crippen molar-refractivity contribution in [1.29, 1.82) is 0 Å². The molecule has 0 atom stereocenters. The van der Waals surface area contributed by atoms with Crippen molar-refractivity contribution in [3.05, 3.63) is 96.6 Å². The molecule has 1 N–H and O–H groups in total. The van der Waals surface area contributed by atoms with E-state index in [-0.39, 0.29) is 0 Å². The van der Waals surface area contributed by atoms with E-state index in [4.69, 9.17) is 4.99 Å². The summed E-state index contributed by atoms with van der Waals surface area (Å²) in [6, 6.07) is 32.2. The first-order valence-electron chi connectivity index (χ1n) is 8.99. The van der Waals surface area contributed by atoms with E-state index >= 15 is 0 Å². The van der Waals surface area contributed by atoms with Crippen molar-refractivity contribution in [3.8, 4) is 0 Å². The fourth-order valence-corrected chi connectivity index (χ4v) is 5.06. The molecule has 0 aromatic heterocycles. The molecule has 0 aliphatic heterocycles. The third-order valence-electron chi connectivity index (χ3n) is 3.91. The van der Waals surface area contributed by atoms with Crippen LogP contribution < -0.4 is 15.9 Å². The first-order valence-corrected chi connectivity index (χ1v) is 10.3. The van der Waals surface area contributed by atoms with Gasteiger partial charge in [-0.15, -0.1) is 0 Å². The molecule has 0 aliphatic carbocycles. The fourth-order valence-electron chi connectivity index (χ4n) is 2.74. The van der Waals surface area contributed by atoms with Gasteiger partial charge in [-0.05, 0) is 30.0 Å². The summed E-state index contributed by atoms with van der Waals surface area (Å²) in [4.78, 5) is 5.02. The maximum Gasteiger partial charge on any atom is 0.129 e. The summed E-state index contributed by atoms with van der Waals surface area (Å²) >= 11 is 0. The predicted octanol–water partition coefficient (Wildman–Crippen LogP) is 4.67. The zero-order chi connectivity index (χ0) is 18.2. The molecule has 0 bridgehead atoms. The van der Waals surface area contributed by atoms with Crippen molar-refractivity contribution in [2.75, 3.05) is 0 Å². The molecule has 3 rings (SSSR count). The van der Waals surface area contributed by atoms with Crippen LogP contribution in [0, 0.1) is 0 Å². The summed E-state index contributed by atoms with van der Waals surface area (Å²) in [7, 11) is -0.704. The van der Waals surface area contributed by atoms with Crippen molar-refractivity contribution >= 4 is 24.1 Å².